The van der Waals surface area contributed by atoms with E-state index < -0.39 is 0 Å². The third-order valence-electron chi connectivity index (χ3n) is 3.27. The number of halogens is 1. The Labute approximate surface area is 139 Å². The first-order chi connectivity index (χ1) is 10.1. The fourth-order valence-electron chi connectivity index (χ4n) is 2.19. The van der Waals surface area contributed by atoms with E-state index in [4.69, 9.17) is 0 Å². The number of hydrogen-bond acceptors (Lipinski definition) is 5. The van der Waals surface area contributed by atoms with E-state index >= 15 is 0 Å². The smallest absolute Gasteiger partial charge is 0.270 e. The molecule has 5 nitrogen and oxygen atoms in total. The molecule has 0 aliphatic carbocycles. The van der Waals surface area contributed by atoms with Gasteiger partial charge >= 0.3 is 0 Å². The van der Waals surface area contributed by atoms with Crippen molar-refractivity contribution in [2.75, 3.05) is 17.7 Å². The lowest BCUT2D eigenvalue weighted by Crippen LogP contribution is -2.02. The maximum absolute atomic E-state index is 10.8. The first kappa shape index (κ1) is 14.5. The first-order valence-corrected chi connectivity index (χ1v) is 8.23. The molecule has 0 saturated carbocycles. The van der Waals surface area contributed by atoms with Crippen molar-refractivity contribution in [3.05, 3.63) is 55.6 Å². The van der Waals surface area contributed by atoms with Crippen molar-refractivity contribution in [1.29, 1.82) is 0 Å². The molecule has 21 heavy (non-hydrogen) atoms. The molecule has 7 heteroatoms. The predicted molar refractivity (Wildman–Crippen MR) is 94.0 cm³/mol. The summed E-state index contributed by atoms with van der Waals surface area (Å²) in [5.41, 5.74) is 3.32. The summed E-state index contributed by atoms with van der Waals surface area (Å²) in [6, 6.07) is 11.2. The molecule has 1 atom stereocenters. The molecule has 0 saturated heterocycles. The van der Waals surface area contributed by atoms with Gasteiger partial charge in [0.15, 0.2) is 0 Å². The van der Waals surface area contributed by atoms with Crippen molar-refractivity contribution in [3.63, 3.8) is 0 Å². The van der Waals surface area contributed by atoms with Gasteiger partial charge in [-0.2, -0.15) is 0 Å². The van der Waals surface area contributed by atoms with E-state index in [1.807, 2.05) is 13.1 Å². The maximum atomic E-state index is 10.8. The lowest BCUT2D eigenvalue weighted by Gasteiger charge is -2.13. The highest BCUT2D eigenvalue weighted by atomic mass is 127. The van der Waals surface area contributed by atoms with Crippen LogP contribution in [0.5, 0.6) is 0 Å². The van der Waals surface area contributed by atoms with Gasteiger partial charge in [0.1, 0.15) is 5.37 Å². The minimum absolute atomic E-state index is 0.0847. The number of non-ortho nitro benzene ring substituents is 1. The molecule has 0 aromatic heterocycles. The molecule has 2 aromatic carbocycles. The third-order valence-corrected chi connectivity index (χ3v) is 5.38. The molecule has 0 fully saturated rings. The second-order valence-corrected chi connectivity index (χ2v) is 6.88. The summed E-state index contributed by atoms with van der Waals surface area (Å²) in [7, 11) is 1.90. The SMILES string of the molecule is CNc1ccc(C2Nc3ccc([N+](=O)[O-])cc3S2)cc1I. The van der Waals surface area contributed by atoms with Crippen molar-refractivity contribution in [1.82, 2.24) is 0 Å². The number of anilines is 2. The standard InChI is InChI=1S/C14H12IN3O2S/c1-16-11-4-2-8(6-10(11)15)14-17-12-5-3-9(18(19)20)7-13(12)21-14/h2-7,14,16-17H,1H3. The van der Waals surface area contributed by atoms with Gasteiger partial charge in [0.05, 0.1) is 4.92 Å². The highest BCUT2D eigenvalue weighted by Gasteiger charge is 2.25. The molecule has 1 aliphatic rings. The summed E-state index contributed by atoms with van der Waals surface area (Å²) in [6.45, 7) is 0. The van der Waals surface area contributed by atoms with Crippen LogP contribution in [0, 0.1) is 13.7 Å². The van der Waals surface area contributed by atoms with E-state index in [-0.39, 0.29) is 16.0 Å². The zero-order valence-electron chi connectivity index (χ0n) is 11.1. The van der Waals surface area contributed by atoms with E-state index in [0.29, 0.717) is 0 Å². The second kappa shape index (κ2) is 5.72. The quantitative estimate of drug-likeness (QED) is 0.442. The van der Waals surface area contributed by atoms with Gasteiger partial charge in [-0.1, -0.05) is 17.8 Å². The number of benzene rings is 2. The van der Waals surface area contributed by atoms with Crippen molar-refractivity contribution < 1.29 is 4.92 Å². The normalized spacial score (nSPS) is 16.2. The molecule has 1 heterocycles. The van der Waals surface area contributed by atoms with Crippen LogP contribution >= 0.6 is 34.4 Å². The number of rotatable bonds is 3. The molecule has 0 amide bonds. The summed E-state index contributed by atoms with van der Waals surface area (Å²) in [5, 5.41) is 17.5. The van der Waals surface area contributed by atoms with Crippen molar-refractivity contribution >= 4 is 51.4 Å². The van der Waals surface area contributed by atoms with Gasteiger partial charge in [-0.25, -0.2) is 0 Å². The minimum atomic E-state index is -0.362. The zero-order chi connectivity index (χ0) is 15.0. The van der Waals surface area contributed by atoms with Gasteiger partial charge in [-0.05, 0) is 46.4 Å². The summed E-state index contributed by atoms with van der Waals surface area (Å²) >= 11 is 3.90. The van der Waals surface area contributed by atoms with Crippen molar-refractivity contribution in [2.45, 2.75) is 10.3 Å². The fraction of sp³-hybridized carbons (Fsp3) is 0.143. The Kier molecular flexibility index (Phi) is 3.94. The van der Waals surface area contributed by atoms with Crippen LogP contribution in [0.3, 0.4) is 0 Å². The van der Waals surface area contributed by atoms with E-state index in [2.05, 4.69) is 45.4 Å². The molecule has 1 unspecified atom stereocenters. The van der Waals surface area contributed by atoms with Gasteiger partial charge in [-0.3, -0.25) is 10.1 Å². The molecule has 2 N–H and O–H groups in total. The predicted octanol–water partition coefficient (Wildman–Crippen LogP) is 4.46. The highest BCUT2D eigenvalue weighted by molar-refractivity contribution is 14.1. The lowest BCUT2D eigenvalue weighted by atomic mass is 10.2. The molecule has 108 valence electrons. The van der Waals surface area contributed by atoms with Crippen LogP contribution < -0.4 is 10.6 Å². The number of hydrogen-bond donors (Lipinski definition) is 2. The van der Waals surface area contributed by atoms with Crippen LogP contribution in [-0.4, -0.2) is 12.0 Å². The van der Waals surface area contributed by atoms with Crippen LogP contribution in [0.4, 0.5) is 17.1 Å². The fourth-order valence-corrected chi connectivity index (χ4v) is 4.16. The van der Waals surface area contributed by atoms with E-state index in [0.717, 1.165) is 25.4 Å². The van der Waals surface area contributed by atoms with Crippen LogP contribution in [0.1, 0.15) is 10.9 Å². The van der Waals surface area contributed by atoms with Crippen LogP contribution in [-0.2, 0) is 0 Å². The number of fused-ring (bicyclic) bond motifs is 1. The Bertz CT molecular complexity index is 723. The molecular formula is C14H12IN3O2S. The zero-order valence-corrected chi connectivity index (χ0v) is 14.1. The van der Waals surface area contributed by atoms with Crippen LogP contribution in [0.25, 0.3) is 0 Å². The Morgan fingerprint density at radius 1 is 1.33 bits per heavy atom. The Morgan fingerprint density at radius 2 is 2.14 bits per heavy atom. The molecule has 0 radical (unpaired) electrons. The third kappa shape index (κ3) is 2.80. The van der Waals surface area contributed by atoms with Crippen molar-refractivity contribution in [3.8, 4) is 0 Å². The monoisotopic (exact) mass is 413 g/mol. The largest absolute Gasteiger partial charge is 0.387 e. The number of nitro benzene ring substituents is 1. The molecule has 2 aromatic rings. The van der Waals surface area contributed by atoms with E-state index in [1.54, 1.807) is 23.9 Å². The summed E-state index contributed by atoms with van der Waals surface area (Å²) in [5.74, 6) is 0. The molecule has 3 rings (SSSR count). The molecular weight excluding hydrogens is 401 g/mol. The topological polar surface area (TPSA) is 67.2 Å². The average molecular weight is 413 g/mol. The minimum Gasteiger partial charge on any atom is -0.387 e. The van der Waals surface area contributed by atoms with E-state index in [1.165, 1.54) is 6.07 Å². The Balaban J connectivity index is 1.87. The average Bonchev–Trinajstić information content (AvgIpc) is 2.89. The van der Waals surface area contributed by atoms with E-state index in [9.17, 15) is 10.1 Å². The number of nitrogens with one attached hydrogen (secondary N) is 2. The molecule has 0 bridgehead atoms. The van der Waals surface area contributed by atoms with Crippen LogP contribution in [0.15, 0.2) is 41.3 Å². The van der Waals surface area contributed by atoms with Gasteiger partial charge in [0.25, 0.3) is 5.69 Å². The highest BCUT2D eigenvalue weighted by Crippen LogP contribution is 2.47. The summed E-state index contributed by atoms with van der Waals surface area (Å²) in [4.78, 5) is 11.4. The summed E-state index contributed by atoms with van der Waals surface area (Å²) < 4.78 is 1.15. The van der Waals surface area contributed by atoms with Gasteiger partial charge in [0.2, 0.25) is 0 Å². The number of thioether (sulfide) groups is 1. The van der Waals surface area contributed by atoms with Crippen LogP contribution in [0.2, 0.25) is 0 Å². The van der Waals surface area contributed by atoms with Crippen molar-refractivity contribution in [2.24, 2.45) is 0 Å². The Morgan fingerprint density at radius 3 is 2.81 bits per heavy atom. The molecule has 0 spiro atoms. The number of nitro groups is 1. The lowest BCUT2D eigenvalue weighted by molar-refractivity contribution is -0.385. The summed E-state index contributed by atoms with van der Waals surface area (Å²) in [6.07, 6.45) is 0. The Hall–Kier alpha value is -1.48. The maximum Gasteiger partial charge on any atom is 0.270 e. The molecule has 1 aliphatic heterocycles. The second-order valence-electron chi connectivity index (χ2n) is 4.57. The first-order valence-electron chi connectivity index (χ1n) is 6.27. The number of nitrogens with zero attached hydrogens (tertiary/aromatic N) is 1. The van der Waals surface area contributed by atoms with Gasteiger partial charge in [-0.15, -0.1) is 0 Å². The van der Waals surface area contributed by atoms with Gasteiger partial charge < -0.3 is 10.6 Å². The van der Waals surface area contributed by atoms with Gasteiger partial charge in [0, 0.05) is 39.0 Å².